The standard InChI is InChI=1S/C20H20N6O/c1-2-3-5-13-14(6-4-7-15(13)19(21)27)18-16-10-12(20-22-11-23-26-20)8-9-17(16)24-25-18/h4,6-11H,2-3,5H2,1H3,(H2,21,27)(H,24,25)(H,22,23,26). The van der Waals surface area contributed by atoms with Gasteiger partial charge in [-0.05, 0) is 42.7 Å². The third-order valence-corrected chi connectivity index (χ3v) is 4.73. The van der Waals surface area contributed by atoms with Gasteiger partial charge in [-0.2, -0.15) is 10.2 Å². The lowest BCUT2D eigenvalue weighted by Gasteiger charge is -2.12. The Balaban J connectivity index is 1.90. The van der Waals surface area contributed by atoms with Gasteiger partial charge in [0.1, 0.15) is 12.0 Å². The van der Waals surface area contributed by atoms with Gasteiger partial charge in [-0.1, -0.05) is 25.5 Å². The molecule has 0 spiro atoms. The lowest BCUT2D eigenvalue weighted by atomic mass is 9.92. The number of benzene rings is 2. The Kier molecular flexibility index (Phi) is 4.42. The third kappa shape index (κ3) is 3.08. The summed E-state index contributed by atoms with van der Waals surface area (Å²) in [7, 11) is 0. The quantitative estimate of drug-likeness (QED) is 0.488. The second kappa shape index (κ2) is 7.03. The molecule has 1 amide bonds. The van der Waals surface area contributed by atoms with Gasteiger partial charge in [-0.15, -0.1) is 0 Å². The highest BCUT2D eigenvalue weighted by Crippen LogP contribution is 2.33. The van der Waals surface area contributed by atoms with Crippen molar-refractivity contribution in [2.24, 2.45) is 5.73 Å². The minimum Gasteiger partial charge on any atom is -0.366 e. The van der Waals surface area contributed by atoms with Gasteiger partial charge in [0.15, 0.2) is 5.82 Å². The molecule has 0 aliphatic carbocycles. The fourth-order valence-electron chi connectivity index (χ4n) is 3.37. The summed E-state index contributed by atoms with van der Waals surface area (Å²) >= 11 is 0. The second-order valence-corrected chi connectivity index (χ2v) is 6.47. The Bertz CT molecular complexity index is 1100. The molecular formula is C20H20N6O. The number of amides is 1. The van der Waals surface area contributed by atoms with Crippen LogP contribution in [-0.4, -0.2) is 31.3 Å². The lowest BCUT2D eigenvalue weighted by molar-refractivity contribution is 0.0999. The van der Waals surface area contributed by atoms with Gasteiger partial charge < -0.3 is 5.73 Å². The summed E-state index contributed by atoms with van der Waals surface area (Å²) < 4.78 is 0. The molecule has 7 nitrogen and oxygen atoms in total. The Morgan fingerprint density at radius 2 is 2.07 bits per heavy atom. The number of aromatic nitrogens is 5. The van der Waals surface area contributed by atoms with Crippen molar-refractivity contribution < 1.29 is 4.79 Å². The van der Waals surface area contributed by atoms with Crippen LogP contribution in [-0.2, 0) is 6.42 Å². The van der Waals surface area contributed by atoms with E-state index in [9.17, 15) is 4.79 Å². The number of hydrogen-bond acceptors (Lipinski definition) is 4. The zero-order valence-electron chi connectivity index (χ0n) is 15.0. The van der Waals surface area contributed by atoms with Gasteiger partial charge in [-0.3, -0.25) is 15.0 Å². The molecule has 27 heavy (non-hydrogen) atoms. The molecule has 0 unspecified atom stereocenters. The highest BCUT2D eigenvalue weighted by Gasteiger charge is 2.18. The molecule has 0 fully saturated rings. The summed E-state index contributed by atoms with van der Waals surface area (Å²) in [6, 6.07) is 11.6. The number of nitrogens with two attached hydrogens (primary N) is 1. The predicted molar refractivity (Wildman–Crippen MR) is 104 cm³/mol. The first-order valence-corrected chi connectivity index (χ1v) is 8.95. The van der Waals surface area contributed by atoms with Crippen LogP contribution >= 0.6 is 0 Å². The zero-order chi connectivity index (χ0) is 18.8. The van der Waals surface area contributed by atoms with Crippen molar-refractivity contribution >= 4 is 16.8 Å². The smallest absolute Gasteiger partial charge is 0.248 e. The third-order valence-electron chi connectivity index (χ3n) is 4.73. The molecule has 2 aromatic heterocycles. The first-order valence-electron chi connectivity index (χ1n) is 8.95. The van der Waals surface area contributed by atoms with Crippen LogP contribution in [0.4, 0.5) is 0 Å². The van der Waals surface area contributed by atoms with E-state index in [1.165, 1.54) is 6.33 Å². The van der Waals surface area contributed by atoms with E-state index in [4.69, 9.17) is 5.73 Å². The Hall–Kier alpha value is -3.48. The van der Waals surface area contributed by atoms with Crippen LogP contribution in [0.5, 0.6) is 0 Å². The average Bonchev–Trinajstić information content (AvgIpc) is 3.35. The van der Waals surface area contributed by atoms with Crippen LogP contribution in [0.15, 0.2) is 42.7 Å². The minimum atomic E-state index is -0.412. The molecule has 4 rings (SSSR count). The number of rotatable bonds is 6. The SMILES string of the molecule is CCCCc1c(C(N)=O)cccc1-c1n[nH]c2ccc(-c3ncn[nH]3)cc12. The van der Waals surface area contributed by atoms with Gasteiger partial charge in [0.05, 0.1) is 5.52 Å². The Morgan fingerprint density at radius 1 is 1.19 bits per heavy atom. The number of primary amides is 1. The molecule has 4 N–H and O–H groups in total. The number of hydrogen-bond donors (Lipinski definition) is 3. The van der Waals surface area contributed by atoms with Crippen LogP contribution in [0.25, 0.3) is 33.5 Å². The topological polar surface area (TPSA) is 113 Å². The van der Waals surface area contributed by atoms with Crippen molar-refractivity contribution in [3.05, 3.63) is 53.9 Å². The monoisotopic (exact) mass is 360 g/mol. The first-order chi connectivity index (χ1) is 13.2. The molecule has 2 aromatic carbocycles. The Morgan fingerprint density at radius 3 is 2.81 bits per heavy atom. The average molecular weight is 360 g/mol. The number of fused-ring (bicyclic) bond motifs is 1. The molecule has 0 atom stereocenters. The summed E-state index contributed by atoms with van der Waals surface area (Å²) in [6.07, 6.45) is 4.27. The zero-order valence-corrected chi connectivity index (χ0v) is 15.0. The van der Waals surface area contributed by atoms with Crippen LogP contribution < -0.4 is 5.73 Å². The van der Waals surface area contributed by atoms with Crippen LogP contribution in [0.1, 0.15) is 35.7 Å². The van der Waals surface area contributed by atoms with Crippen LogP contribution in [0, 0.1) is 0 Å². The predicted octanol–water partition coefficient (Wildman–Crippen LogP) is 3.46. The number of carbonyl (C=O) groups is 1. The van der Waals surface area contributed by atoms with E-state index < -0.39 is 5.91 Å². The molecule has 0 saturated carbocycles. The van der Waals surface area contributed by atoms with Crippen molar-refractivity contribution in [2.45, 2.75) is 26.2 Å². The number of unbranched alkanes of at least 4 members (excludes halogenated alkanes) is 1. The lowest BCUT2D eigenvalue weighted by Crippen LogP contribution is -2.14. The van der Waals surface area contributed by atoms with Crippen molar-refractivity contribution in [2.75, 3.05) is 0 Å². The molecule has 4 aromatic rings. The van der Waals surface area contributed by atoms with Crippen LogP contribution in [0.2, 0.25) is 0 Å². The first kappa shape index (κ1) is 17.0. The highest BCUT2D eigenvalue weighted by atomic mass is 16.1. The van der Waals surface area contributed by atoms with E-state index >= 15 is 0 Å². The largest absolute Gasteiger partial charge is 0.366 e. The van der Waals surface area contributed by atoms with Crippen molar-refractivity contribution in [3.63, 3.8) is 0 Å². The van der Waals surface area contributed by atoms with Gasteiger partial charge in [0.2, 0.25) is 5.91 Å². The molecule has 7 heteroatoms. The second-order valence-electron chi connectivity index (χ2n) is 6.47. The van der Waals surface area contributed by atoms with Gasteiger partial charge in [0, 0.05) is 22.1 Å². The van der Waals surface area contributed by atoms with E-state index in [2.05, 4.69) is 32.3 Å². The van der Waals surface area contributed by atoms with Crippen molar-refractivity contribution in [1.29, 1.82) is 0 Å². The molecular weight excluding hydrogens is 340 g/mol. The summed E-state index contributed by atoms with van der Waals surface area (Å²) in [5.74, 6) is 0.284. The maximum absolute atomic E-state index is 12.0. The number of carbonyl (C=O) groups excluding carboxylic acids is 1. The highest BCUT2D eigenvalue weighted by molar-refractivity contribution is 6.00. The van der Waals surface area contributed by atoms with Gasteiger partial charge in [-0.25, -0.2) is 4.98 Å². The molecule has 0 bridgehead atoms. The molecule has 0 aliphatic rings. The van der Waals surface area contributed by atoms with E-state index in [-0.39, 0.29) is 0 Å². The maximum atomic E-state index is 12.0. The van der Waals surface area contributed by atoms with E-state index in [0.29, 0.717) is 11.4 Å². The van der Waals surface area contributed by atoms with Gasteiger partial charge >= 0.3 is 0 Å². The van der Waals surface area contributed by atoms with Gasteiger partial charge in [0.25, 0.3) is 0 Å². The van der Waals surface area contributed by atoms with Crippen molar-refractivity contribution in [3.8, 4) is 22.6 Å². The van der Waals surface area contributed by atoms with Crippen molar-refractivity contribution in [1.82, 2.24) is 25.4 Å². The van der Waals surface area contributed by atoms with E-state index in [1.54, 1.807) is 6.07 Å². The molecule has 136 valence electrons. The summed E-state index contributed by atoms with van der Waals surface area (Å²) in [6.45, 7) is 2.13. The summed E-state index contributed by atoms with van der Waals surface area (Å²) in [5, 5.41) is 15.4. The number of nitrogens with zero attached hydrogens (tertiary/aromatic N) is 3. The molecule has 0 aliphatic heterocycles. The maximum Gasteiger partial charge on any atom is 0.248 e. The fourth-order valence-corrected chi connectivity index (χ4v) is 3.37. The normalized spacial score (nSPS) is 11.1. The van der Waals surface area contributed by atoms with E-state index in [1.807, 2.05) is 30.3 Å². The summed E-state index contributed by atoms with van der Waals surface area (Å²) in [5.41, 5.74) is 10.7. The molecule has 0 radical (unpaired) electrons. The summed E-state index contributed by atoms with van der Waals surface area (Å²) in [4.78, 5) is 16.2. The molecule has 0 saturated heterocycles. The number of H-pyrrole nitrogens is 2. The van der Waals surface area contributed by atoms with E-state index in [0.717, 1.165) is 52.5 Å². The number of aromatic amines is 2. The minimum absolute atomic E-state index is 0.412. The Labute approximate surface area is 156 Å². The van der Waals surface area contributed by atoms with Crippen LogP contribution in [0.3, 0.4) is 0 Å². The molecule has 2 heterocycles. The fraction of sp³-hybridized carbons (Fsp3) is 0.200. The number of nitrogens with one attached hydrogen (secondary N) is 2.